The van der Waals surface area contributed by atoms with Gasteiger partial charge >= 0.3 is 0 Å². The molecular formula is C14H18N4. The van der Waals surface area contributed by atoms with Crippen LogP contribution in [0, 0.1) is 0 Å². The van der Waals surface area contributed by atoms with E-state index in [0.29, 0.717) is 12.0 Å². The molecule has 0 bridgehead atoms. The van der Waals surface area contributed by atoms with E-state index in [1.54, 1.807) is 6.20 Å². The SMILES string of the molecule is NC1CCC(c2ncc(-c3cccnc3)[nH]2)CC1. The van der Waals surface area contributed by atoms with Gasteiger partial charge in [-0.25, -0.2) is 4.98 Å². The normalized spacial score (nSPS) is 24.1. The Labute approximate surface area is 107 Å². The molecule has 0 radical (unpaired) electrons. The van der Waals surface area contributed by atoms with Gasteiger partial charge in [0.2, 0.25) is 0 Å². The van der Waals surface area contributed by atoms with Gasteiger partial charge in [0.25, 0.3) is 0 Å². The number of H-pyrrole nitrogens is 1. The quantitative estimate of drug-likeness (QED) is 0.850. The maximum atomic E-state index is 5.93. The van der Waals surface area contributed by atoms with Crippen molar-refractivity contribution in [3.8, 4) is 11.3 Å². The molecule has 0 amide bonds. The molecule has 18 heavy (non-hydrogen) atoms. The van der Waals surface area contributed by atoms with Crippen molar-refractivity contribution in [1.82, 2.24) is 15.0 Å². The number of aromatic amines is 1. The third kappa shape index (κ3) is 2.29. The van der Waals surface area contributed by atoms with Crippen molar-refractivity contribution < 1.29 is 0 Å². The number of hydrogen-bond acceptors (Lipinski definition) is 3. The summed E-state index contributed by atoms with van der Waals surface area (Å²) in [7, 11) is 0. The number of aromatic nitrogens is 3. The molecule has 0 aromatic carbocycles. The van der Waals surface area contributed by atoms with Gasteiger partial charge in [0.05, 0.1) is 11.9 Å². The van der Waals surface area contributed by atoms with Crippen LogP contribution in [0.15, 0.2) is 30.7 Å². The zero-order chi connectivity index (χ0) is 12.4. The Morgan fingerprint density at radius 1 is 1.17 bits per heavy atom. The van der Waals surface area contributed by atoms with E-state index < -0.39 is 0 Å². The fourth-order valence-electron chi connectivity index (χ4n) is 2.61. The Kier molecular flexibility index (Phi) is 3.11. The Morgan fingerprint density at radius 3 is 2.72 bits per heavy atom. The molecule has 0 spiro atoms. The zero-order valence-corrected chi connectivity index (χ0v) is 10.3. The highest BCUT2D eigenvalue weighted by atomic mass is 14.9. The Hall–Kier alpha value is -1.68. The van der Waals surface area contributed by atoms with E-state index in [2.05, 4.69) is 15.0 Å². The summed E-state index contributed by atoms with van der Waals surface area (Å²) in [5.74, 6) is 1.64. The van der Waals surface area contributed by atoms with Crippen LogP contribution >= 0.6 is 0 Å². The maximum Gasteiger partial charge on any atom is 0.109 e. The first-order chi connectivity index (χ1) is 8.83. The number of hydrogen-bond donors (Lipinski definition) is 2. The number of nitrogens with two attached hydrogens (primary N) is 1. The van der Waals surface area contributed by atoms with Crippen LogP contribution in [0.2, 0.25) is 0 Å². The summed E-state index contributed by atoms with van der Waals surface area (Å²) in [6.07, 6.45) is 10.0. The summed E-state index contributed by atoms with van der Waals surface area (Å²) < 4.78 is 0. The highest BCUT2D eigenvalue weighted by Crippen LogP contribution is 2.31. The van der Waals surface area contributed by atoms with Crippen LogP contribution in [-0.4, -0.2) is 21.0 Å². The molecule has 1 saturated carbocycles. The van der Waals surface area contributed by atoms with Crippen molar-refractivity contribution in [1.29, 1.82) is 0 Å². The molecule has 2 aromatic rings. The van der Waals surface area contributed by atoms with E-state index in [4.69, 9.17) is 5.73 Å². The van der Waals surface area contributed by atoms with E-state index in [-0.39, 0.29) is 0 Å². The van der Waals surface area contributed by atoms with Crippen LogP contribution < -0.4 is 5.73 Å². The van der Waals surface area contributed by atoms with Gasteiger partial charge in [-0.05, 0) is 37.8 Å². The molecule has 0 saturated heterocycles. The molecule has 3 N–H and O–H groups in total. The van der Waals surface area contributed by atoms with Gasteiger partial charge in [0.15, 0.2) is 0 Å². The molecule has 1 aliphatic carbocycles. The molecule has 3 rings (SSSR count). The fraction of sp³-hybridized carbons (Fsp3) is 0.429. The van der Waals surface area contributed by atoms with Crippen molar-refractivity contribution >= 4 is 0 Å². The number of pyridine rings is 1. The highest BCUT2D eigenvalue weighted by Gasteiger charge is 2.22. The largest absolute Gasteiger partial charge is 0.342 e. The van der Waals surface area contributed by atoms with E-state index >= 15 is 0 Å². The second kappa shape index (κ2) is 4.90. The third-order valence-electron chi connectivity index (χ3n) is 3.73. The second-order valence-electron chi connectivity index (χ2n) is 5.04. The summed E-state index contributed by atoms with van der Waals surface area (Å²) in [5.41, 5.74) is 8.07. The first-order valence-electron chi connectivity index (χ1n) is 6.54. The lowest BCUT2D eigenvalue weighted by molar-refractivity contribution is 0.386. The van der Waals surface area contributed by atoms with Crippen molar-refractivity contribution in [2.24, 2.45) is 5.73 Å². The lowest BCUT2D eigenvalue weighted by Crippen LogP contribution is -2.26. The average molecular weight is 242 g/mol. The van der Waals surface area contributed by atoms with E-state index in [0.717, 1.165) is 42.8 Å². The number of nitrogens with zero attached hydrogens (tertiary/aromatic N) is 2. The fourth-order valence-corrected chi connectivity index (χ4v) is 2.61. The third-order valence-corrected chi connectivity index (χ3v) is 3.73. The molecule has 2 aromatic heterocycles. The van der Waals surface area contributed by atoms with Crippen LogP contribution in [0.25, 0.3) is 11.3 Å². The highest BCUT2D eigenvalue weighted by molar-refractivity contribution is 5.56. The molecule has 0 unspecified atom stereocenters. The van der Waals surface area contributed by atoms with Gasteiger partial charge < -0.3 is 10.7 Å². The molecule has 2 heterocycles. The average Bonchev–Trinajstić information content (AvgIpc) is 2.90. The topological polar surface area (TPSA) is 67.6 Å². The number of nitrogens with one attached hydrogen (secondary N) is 1. The molecule has 4 heteroatoms. The van der Waals surface area contributed by atoms with Gasteiger partial charge in [0.1, 0.15) is 5.82 Å². The Balaban J connectivity index is 1.78. The minimum atomic E-state index is 0.383. The van der Waals surface area contributed by atoms with Crippen LogP contribution in [0.1, 0.15) is 37.4 Å². The molecule has 0 atom stereocenters. The Morgan fingerprint density at radius 2 is 2.00 bits per heavy atom. The lowest BCUT2D eigenvalue weighted by Gasteiger charge is -2.24. The van der Waals surface area contributed by atoms with E-state index in [1.807, 2.05) is 24.5 Å². The lowest BCUT2D eigenvalue weighted by atomic mass is 9.86. The molecule has 0 aliphatic heterocycles. The molecule has 1 fully saturated rings. The first-order valence-corrected chi connectivity index (χ1v) is 6.54. The summed E-state index contributed by atoms with van der Waals surface area (Å²) in [6, 6.07) is 4.37. The molecule has 94 valence electrons. The maximum absolute atomic E-state index is 5.93. The van der Waals surface area contributed by atoms with Gasteiger partial charge in [-0.3, -0.25) is 4.98 Å². The first kappa shape index (κ1) is 11.4. The van der Waals surface area contributed by atoms with Crippen molar-refractivity contribution in [2.45, 2.75) is 37.6 Å². The molecule has 4 nitrogen and oxygen atoms in total. The van der Waals surface area contributed by atoms with Crippen molar-refractivity contribution in [3.63, 3.8) is 0 Å². The molecule has 1 aliphatic rings. The summed E-state index contributed by atoms with van der Waals surface area (Å²) in [6.45, 7) is 0. The second-order valence-corrected chi connectivity index (χ2v) is 5.04. The van der Waals surface area contributed by atoms with Crippen LogP contribution in [0.4, 0.5) is 0 Å². The van der Waals surface area contributed by atoms with Crippen molar-refractivity contribution in [3.05, 3.63) is 36.5 Å². The summed E-state index contributed by atoms with van der Waals surface area (Å²) in [5, 5.41) is 0. The van der Waals surface area contributed by atoms with Gasteiger partial charge in [-0.1, -0.05) is 0 Å². The minimum absolute atomic E-state index is 0.383. The summed E-state index contributed by atoms with van der Waals surface area (Å²) >= 11 is 0. The minimum Gasteiger partial charge on any atom is -0.342 e. The zero-order valence-electron chi connectivity index (χ0n) is 10.3. The molecular weight excluding hydrogens is 224 g/mol. The number of imidazole rings is 1. The number of rotatable bonds is 2. The predicted molar refractivity (Wildman–Crippen MR) is 71.0 cm³/mol. The van der Waals surface area contributed by atoms with Crippen LogP contribution in [0.3, 0.4) is 0 Å². The standard InChI is InChI=1S/C14H18N4/c15-12-5-3-10(4-6-12)14-17-9-13(18-14)11-2-1-7-16-8-11/h1-2,7-10,12H,3-6,15H2,(H,17,18). The van der Waals surface area contributed by atoms with Crippen LogP contribution in [-0.2, 0) is 0 Å². The van der Waals surface area contributed by atoms with E-state index in [1.165, 1.54) is 0 Å². The Bertz CT molecular complexity index is 498. The predicted octanol–water partition coefficient (Wildman–Crippen LogP) is 2.46. The summed E-state index contributed by atoms with van der Waals surface area (Å²) in [4.78, 5) is 12.1. The van der Waals surface area contributed by atoms with Crippen molar-refractivity contribution in [2.75, 3.05) is 0 Å². The van der Waals surface area contributed by atoms with E-state index in [9.17, 15) is 0 Å². The van der Waals surface area contributed by atoms with Gasteiger partial charge in [0, 0.05) is 29.9 Å². The van der Waals surface area contributed by atoms with Gasteiger partial charge in [-0.2, -0.15) is 0 Å². The van der Waals surface area contributed by atoms with Gasteiger partial charge in [-0.15, -0.1) is 0 Å². The smallest absolute Gasteiger partial charge is 0.109 e. The monoisotopic (exact) mass is 242 g/mol. The van der Waals surface area contributed by atoms with Crippen LogP contribution in [0.5, 0.6) is 0 Å².